The van der Waals surface area contributed by atoms with Gasteiger partial charge in [-0.05, 0) is 13.3 Å². The summed E-state index contributed by atoms with van der Waals surface area (Å²) in [5, 5.41) is 8.76. The van der Waals surface area contributed by atoms with Crippen LogP contribution in [0.25, 0.3) is 0 Å². The van der Waals surface area contributed by atoms with Crippen molar-refractivity contribution in [2.24, 2.45) is 5.92 Å². The number of unbranched alkanes of at least 4 members (excludes halogenated alkanes) is 5. The maximum absolute atomic E-state index is 13.6. The van der Waals surface area contributed by atoms with E-state index in [1.165, 1.54) is 0 Å². The van der Waals surface area contributed by atoms with Gasteiger partial charge in [0.1, 0.15) is 5.92 Å². The number of halogens is 5. The molecule has 0 radical (unpaired) electrons. The topological polar surface area (TPSA) is 37.3 Å². The predicted molar refractivity (Wildman–Crippen MR) is 69.6 cm³/mol. The minimum atomic E-state index is -4.99. The lowest BCUT2D eigenvalue weighted by Crippen LogP contribution is -2.53. The molecule has 2 atom stereocenters. The number of hydrogen-bond donors (Lipinski definition) is 1. The van der Waals surface area contributed by atoms with Gasteiger partial charge in [0, 0.05) is 0 Å². The zero-order chi connectivity index (χ0) is 16.7. The fourth-order valence-electron chi connectivity index (χ4n) is 2.09. The highest BCUT2D eigenvalue weighted by atomic mass is 19.3. The SMILES string of the molecule is CCCCCCCCC(C(=O)O)C(F)(F)C(F)(F)C(C)F. The van der Waals surface area contributed by atoms with Gasteiger partial charge in [-0.15, -0.1) is 0 Å². The van der Waals surface area contributed by atoms with Crippen LogP contribution in [0.5, 0.6) is 0 Å². The maximum Gasteiger partial charge on any atom is 0.341 e. The maximum atomic E-state index is 13.6. The molecule has 126 valence electrons. The number of carboxylic acid groups (broad SMARTS) is 1. The van der Waals surface area contributed by atoms with E-state index in [0.717, 1.165) is 25.7 Å². The van der Waals surface area contributed by atoms with Crippen molar-refractivity contribution < 1.29 is 31.9 Å². The monoisotopic (exact) mass is 318 g/mol. The highest BCUT2D eigenvalue weighted by molar-refractivity contribution is 5.71. The Morgan fingerprint density at radius 1 is 1.00 bits per heavy atom. The minimum Gasteiger partial charge on any atom is -0.481 e. The van der Waals surface area contributed by atoms with Crippen molar-refractivity contribution in [2.45, 2.75) is 76.8 Å². The van der Waals surface area contributed by atoms with Crippen LogP contribution in [0.4, 0.5) is 22.0 Å². The zero-order valence-corrected chi connectivity index (χ0v) is 12.3. The molecular formula is C14H23F5O2. The molecule has 0 heterocycles. The predicted octanol–water partition coefficient (Wildman–Crippen LogP) is 5.07. The molecule has 0 aliphatic carbocycles. The third kappa shape index (κ3) is 5.43. The molecular weight excluding hydrogens is 295 g/mol. The van der Waals surface area contributed by atoms with Crippen LogP contribution in [0.2, 0.25) is 0 Å². The Morgan fingerprint density at radius 2 is 1.48 bits per heavy atom. The Kier molecular flexibility index (Phi) is 8.18. The fourth-order valence-corrected chi connectivity index (χ4v) is 2.09. The van der Waals surface area contributed by atoms with Crippen LogP contribution in [-0.2, 0) is 4.79 Å². The Morgan fingerprint density at radius 3 is 1.90 bits per heavy atom. The molecule has 0 aliphatic rings. The van der Waals surface area contributed by atoms with Crippen molar-refractivity contribution >= 4 is 5.97 Å². The normalized spacial score (nSPS) is 15.8. The standard InChI is InChI=1S/C14H23F5O2/c1-3-4-5-6-7-8-9-11(12(20)21)14(18,19)13(16,17)10(2)15/h10-11H,3-9H2,1-2H3,(H,20,21). The molecule has 0 aliphatic heterocycles. The van der Waals surface area contributed by atoms with Gasteiger partial charge in [0.25, 0.3) is 0 Å². The molecule has 0 saturated carbocycles. The number of rotatable bonds is 11. The van der Waals surface area contributed by atoms with E-state index < -0.39 is 36.3 Å². The quantitative estimate of drug-likeness (QED) is 0.427. The number of alkyl halides is 5. The molecule has 0 aromatic carbocycles. The Bertz CT molecular complexity index is 318. The van der Waals surface area contributed by atoms with E-state index in [4.69, 9.17) is 5.11 Å². The molecule has 2 unspecified atom stereocenters. The van der Waals surface area contributed by atoms with Crippen LogP contribution in [0.1, 0.15) is 58.8 Å². The zero-order valence-electron chi connectivity index (χ0n) is 12.3. The summed E-state index contributed by atoms with van der Waals surface area (Å²) < 4.78 is 66.4. The van der Waals surface area contributed by atoms with Crippen LogP contribution < -0.4 is 0 Å². The van der Waals surface area contributed by atoms with Gasteiger partial charge in [-0.2, -0.15) is 17.6 Å². The first-order valence-electron chi connectivity index (χ1n) is 7.21. The smallest absolute Gasteiger partial charge is 0.341 e. The van der Waals surface area contributed by atoms with Gasteiger partial charge >= 0.3 is 17.8 Å². The third-order valence-corrected chi connectivity index (χ3v) is 3.53. The van der Waals surface area contributed by atoms with Crippen LogP contribution in [0.15, 0.2) is 0 Å². The van der Waals surface area contributed by atoms with Crippen molar-refractivity contribution in [1.82, 2.24) is 0 Å². The van der Waals surface area contributed by atoms with Gasteiger partial charge in [-0.1, -0.05) is 45.4 Å². The Hall–Kier alpha value is -0.880. The van der Waals surface area contributed by atoms with E-state index in [0.29, 0.717) is 13.3 Å². The molecule has 0 saturated heterocycles. The summed E-state index contributed by atoms with van der Waals surface area (Å²) in [5.74, 6) is -14.5. The largest absolute Gasteiger partial charge is 0.481 e. The van der Waals surface area contributed by atoms with Gasteiger partial charge in [0.2, 0.25) is 0 Å². The van der Waals surface area contributed by atoms with Gasteiger partial charge in [0.15, 0.2) is 6.17 Å². The molecule has 21 heavy (non-hydrogen) atoms. The molecule has 0 spiro atoms. The average molecular weight is 318 g/mol. The summed E-state index contributed by atoms with van der Waals surface area (Å²) in [6.45, 7) is 2.30. The van der Waals surface area contributed by atoms with Crippen LogP contribution in [-0.4, -0.2) is 29.1 Å². The van der Waals surface area contributed by atoms with Crippen molar-refractivity contribution in [2.75, 3.05) is 0 Å². The van der Waals surface area contributed by atoms with E-state index in [1.54, 1.807) is 0 Å². The summed E-state index contributed by atoms with van der Waals surface area (Å²) in [4.78, 5) is 10.8. The van der Waals surface area contributed by atoms with Crippen molar-refractivity contribution in [3.63, 3.8) is 0 Å². The molecule has 0 aromatic rings. The molecule has 1 N–H and O–H groups in total. The number of carboxylic acids is 1. The Labute approximate surface area is 121 Å². The summed E-state index contributed by atoms with van der Waals surface area (Å²) >= 11 is 0. The second-order valence-corrected chi connectivity index (χ2v) is 5.31. The lowest BCUT2D eigenvalue weighted by Gasteiger charge is -2.31. The van der Waals surface area contributed by atoms with Crippen LogP contribution >= 0.6 is 0 Å². The van der Waals surface area contributed by atoms with E-state index in [-0.39, 0.29) is 6.42 Å². The molecule has 0 amide bonds. The van der Waals surface area contributed by atoms with Gasteiger partial charge in [0.05, 0.1) is 0 Å². The molecule has 0 fully saturated rings. The Balaban J connectivity index is 4.64. The number of aliphatic carboxylic acids is 1. The highest BCUT2D eigenvalue weighted by Gasteiger charge is 2.65. The summed E-state index contributed by atoms with van der Waals surface area (Å²) in [6, 6.07) is 0. The first-order valence-corrected chi connectivity index (χ1v) is 7.21. The molecule has 0 bridgehead atoms. The highest BCUT2D eigenvalue weighted by Crippen LogP contribution is 2.45. The van der Waals surface area contributed by atoms with Gasteiger partial charge < -0.3 is 5.11 Å². The van der Waals surface area contributed by atoms with E-state index in [2.05, 4.69) is 0 Å². The first kappa shape index (κ1) is 20.1. The second-order valence-electron chi connectivity index (χ2n) is 5.31. The van der Waals surface area contributed by atoms with Gasteiger partial charge in [-0.25, -0.2) is 4.39 Å². The minimum absolute atomic E-state index is 0.104. The van der Waals surface area contributed by atoms with Crippen LogP contribution in [0.3, 0.4) is 0 Å². The number of carbonyl (C=O) groups is 1. The van der Waals surface area contributed by atoms with Crippen molar-refractivity contribution in [3.05, 3.63) is 0 Å². The molecule has 0 aromatic heterocycles. The van der Waals surface area contributed by atoms with Gasteiger partial charge in [-0.3, -0.25) is 4.79 Å². The molecule has 2 nitrogen and oxygen atoms in total. The first-order chi connectivity index (χ1) is 9.59. The average Bonchev–Trinajstić information content (AvgIpc) is 2.36. The lowest BCUT2D eigenvalue weighted by molar-refractivity contribution is -0.260. The van der Waals surface area contributed by atoms with Crippen molar-refractivity contribution in [3.8, 4) is 0 Å². The number of hydrogen-bond acceptors (Lipinski definition) is 1. The van der Waals surface area contributed by atoms with Crippen LogP contribution in [0, 0.1) is 5.92 Å². The molecule has 0 rings (SSSR count). The fraction of sp³-hybridized carbons (Fsp3) is 0.929. The molecule has 7 heteroatoms. The summed E-state index contributed by atoms with van der Waals surface area (Å²) in [7, 11) is 0. The third-order valence-electron chi connectivity index (χ3n) is 3.53. The summed E-state index contributed by atoms with van der Waals surface area (Å²) in [5.41, 5.74) is 0. The van der Waals surface area contributed by atoms with E-state index in [9.17, 15) is 26.7 Å². The van der Waals surface area contributed by atoms with E-state index >= 15 is 0 Å². The summed E-state index contributed by atoms with van der Waals surface area (Å²) in [6.07, 6.45) is 0.510. The second kappa shape index (κ2) is 8.54. The van der Waals surface area contributed by atoms with Crippen molar-refractivity contribution in [1.29, 1.82) is 0 Å². The lowest BCUT2D eigenvalue weighted by atomic mass is 9.88. The van der Waals surface area contributed by atoms with E-state index in [1.807, 2.05) is 6.92 Å².